The smallest absolute Gasteiger partial charge is 0.412 e. The Balaban J connectivity index is 2.88. The maximum Gasteiger partial charge on any atom is 0.412 e. The third kappa shape index (κ3) is 1.73. The molecule has 0 heterocycles. The Morgan fingerprint density at radius 1 is 1.42 bits per heavy atom. The first-order valence-corrected chi connectivity index (χ1v) is 3.51. The van der Waals surface area contributed by atoms with E-state index in [0.717, 1.165) is 4.90 Å². The van der Waals surface area contributed by atoms with Crippen LogP contribution < -0.4 is 10.6 Å². The highest BCUT2D eigenvalue weighted by atomic mass is 16.4. The quantitative estimate of drug-likeness (QED) is 0.646. The van der Waals surface area contributed by atoms with E-state index in [4.69, 9.17) is 10.8 Å². The highest BCUT2D eigenvalue weighted by Gasteiger charge is 2.10. The van der Waals surface area contributed by atoms with Crippen molar-refractivity contribution in [1.29, 1.82) is 0 Å². The monoisotopic (exact) mass is 166 g/mol. The fraction of sp³-hybridized carbons (Fsp3) is 0.125. The zero-order valence-corrected chi connectivity index (χ0v) is 6.47. The van der Waals surface area contributed by atoms with Gasteiger partial charge in [0, 0.05) is 5.69 Å². The SMILES string of the molecule is NCN(C(=O)O)c1ccccc1. The van der Waals surface area contributed by atoms with Gasteiger partial charge in [0.05, 0.1) is 6.67 Å². The van der Waals surface area contributed by atoms with Crippen molar-refractivity contribution in [3.05, 3.63) is 30.3 Å². The highest BCUT2D eigenvalue weighted by molar-refractivity contribution is 5.85. The van der Waals surface area contributed by atoms with Crippen LogP contribution in [0.5, 0.6) is 0 Å². The topological polar surface area (TPSA) is 66.6 Å². The van der Waals surface area contributed by atoms with Gasteiger partial charge in [0.2, 0.25) is 0 Å². The Bertz CT molecular complexity index is 261. The molecule has 0 unspecified atom stereocenters. The number of carboxylic acid groups (broad SMARTS) is 1. The minimum Gasteiger partial charge on any atom is -0.465 e. The number of para-hydroxylation sites is 1. The summed E-state index contributed by atoms with van der Waals surface area (Å²) in [5, 5.41) is 8.67. The van der Waals surface area contributed by atoms with Gasteiger partial charge in [-0.1, -0.05) is 18.2 Å². The minimum absolute atomic E-state index is 0.0284. The van der Waals surface area contributed by atoms with E-state index in [-0.39, 0.29) is 6.67 Å². The summed E-state index contributed by atoms with van der Waals surface area (Å²) >= 11 is 0. The van der Waals surface area contributed by atoms with Gasteiger partial charge in [-0.2, -0.15) is 0 Å². The lowest BCUT2D eigenvalue weighted by Crippen LogP contribution is -2.34. The van der Waals surface area contributed by atoms with Gasteiger partial charge in [-0.25, -0.2) is 4.79 Å². The van der Waals surface area contributed by atoms with Crippen molar-refractivity contribution >= 4 is 11.8 Å². The standard InChI is InChI=1S/C8H10N2O2/c9-6-10(8(11)12)7-4-2-1-3-5-7/h1-5H,6,9H2,(H,11,12). The molecular formula is C8H10N2O2. The molecule has 4 heteroatoms. The zero-order chi connectivity index (χ0) is 8.97. The molecule has 0 aromatic heterocycles. The number of amides is 1. The van der Waals surface area contributed by atoms with Crippen molar-refractivity contribution in [1.82, 2.24) is 0 Å². The van der Waals surface area contributed by atoms with Crippen molar-refractivity contribution in [2.24, 2.45) is 5.73 Å². The van der Waals surface area contributed by atoms with E-state index in [9.17, 15) is 4.79 Å². The molecule has 64 valence electrons. The van der Waals surface area contributed by atoms with Crippen molar-refractivity contribution < 1.29 is 9.90 Å². The first-order chi connectivity index (χ1) is 5.75. The van der Waals surface area contributed by atoms with Crippen molar-refractivity contribution in [3.63, 3.8) is 0 Å². The Hall–Kier alpha value is -1.55. The Labute approximate surface area is 70.2 Å². The summed E-state index contributed by atoms with van der Waals surface area (Å²) in [5.74, 6) is 0. The Kier molecular flexibility index (Phi) is 2.66. The molecule has 1 aromatic carbocycles. The van der Waals surface area contributed by atoms with Crippen LogP contribution in [0.25, 0.3) is 0 Å². The molecule has 1 rings (SSSR count). The molecule has 0 aliphatic rings. The van der Waals surface area contributed by atoms with Crippen LogP contribution in [0, 0.1) is 0 Å². The summed E-state index contributed by atoms with van der Waals surface area (Å²) in [6.45, 7) is -0.0284. The van der Waals surface area contributed by atoms with Crippen LogP contribution in [-0.4, -0.2) is 17.9 Å². The Morgan fingerprint density at radius 2 is 2.00 bits per heavy atom. The lowest BCUT2D eigenvalue weighted by molar-refractivity contribution is 0.202. The van der Waals surface area contributed by atoms with Crippen molar-refractivity contribution in [2.75, 3.05) is 11.6 Å². The van der Waals surface area contributed by atoms with Gasteiger partial charge in [-0.3, -0.25) is 4.90 Å². The van der Waals surface area contributed by atoms with Gasteiger partial charge in [0.15, 0.2) is 0 Å². The van der Waals surface area contributed by atoms with E-state index in [1.54, 1.807) is 24.3 Å². The second kappa shape index (κ2) is 3.73. The fourth-order valence-corrected chi connectivity index (χ4v) is 0.902. The molecule has 1 amide bonds. The number of nitrogens with two attached hydrogens (primary N) is 1. The molecule has 1 aromatic rings. The van der Waals surface area contributed by atoms with E-state index >= 15 is 0 Å². The lowest BCUT2D eigenvalue weighted by Gasteiger charge is -2.15. The second-order valence-corrected chi connectivity index (χ2v) is 2.23. The van der Waals surface area contributed by atoms with Gasteiger partial charge < -0.3 is 10.8 Å². The summed E-state index contributed by atoms with van der Waals surface area (Å²) in [5.41, 5.74) is 5.84. The predicted molar refractivity (Wildman–Crippen MR) is 46.0 cm³/mol. The maximum atomic E-state index is 10.6. The molecule has 4 nitrogen and oxygen atoms in total. The average Bonchev–Trinajstić information content (AvgIpc) is 2.07. The summed E-state index contributed by atoms with van der Waals surface area (Å²) < 4.78 is 0. The van der Waals surface area contributed by atoms with E-state index in [2.05, 4.69) is 0 Å². The largest absolute Gasteiger partial charge is 0.465 e. The first-order valence-electron chi connectivity index (χ1n) is 3.51. The van der Waals surface area contributed by atoms with E-state index in [0.29, 0.717) is 5.69 Å². The summed E-state index contributed by atoms with van der Waals surface area (Å²) in [6, 6.07) is 8.74. The van der Waals surface area contributed by atoms with Crippen LogP contribution >= 0.6 is 0 Å². The molecule has 0 saturated heterocycles. The van der Waals surface area contributed by atoms with Crippen LogP contribution in [0.4, 0.5) is 10.5 Å². The van der Waals surface area contributed by atoms with Gasteiger partial charge in [-0.15, -0.1) is 0 Å². The van der Waals surface area contributed by atoms with Gasteiger partial charge >= 0.3 is 6.09 Å². The second-order valence-electron chi connectivity index (χ2n) is 2.23. The predicted octanol–water partition coefficient (Wildman–Crippen LogP) is 1.09. The van der Waals surface area contributed by atoms with E-state index in [1.165, 1.54) is 0 Å². The van der Waals surface area contributed by atoms with Crippen LogP contribution in [0.2, 0.25) is 0 Å². The highest BCUT2D eigenvalue weighted by Crippen LogP contribution is 2.11. The first kappa shape index (κ1) is 8.55. The van der Waals surface area contributed by atoms with Gasteiger partial charge in [0.25, 0.3) is 0 Å². The van der Waals surface area contributed by atoms with E-state index < -0.39 is 6.09 Å². The lowest BCUT2D eigenvalue weighted by atomic mass is 10.3. The summed E-state index contributed by atoms with van der Waals surface area (Å²) in [7, 11) is 0. The molecule has 0 fully saturated rings. The number of nitrogens with zero attached hydrogens (tertiary/aromatic N) is 1. The fourth-order valence-electron chi connectivity index (χ4n) is 0.902. The summed E-state index contributed by atoms with van der Waals surface area (Å²) in [6.07, 6.45) is -1.04. The molecule has 0 saturated carbocycles. The minimum atomic E-state index is -1.04. The third-order valence-corrected chi connectivity index (χ3v) is 1.48. The van der Waals surface area contributed by atoms with Gasteiger partial charge in [-0.05, 0) is 12.1 Å². The molecule has 0 aliphatic heterocycles. The number of hydrogen-bond acceptors (Lipinski definition) is 2. The number of carbonyl (C=O) groups is 1. The average molecular weight is 166 g/mol. The third-order valence-electron chi connectivity index (χ3n) is 1.48. The normalized spacial score (nSPS) is 9.42. The van der Waals surface area contributed by atoms with Crippen LogP contribution in [-0.2, 0) is 0 Å². The molecule has 0 aliphatic carbocycles. The van der Waals surface area contributed by atoms with Crippen LogP contribution in [0.15, 0.2) is 30.3 Å². The molecule has 0 bridgehead atoms. The van der Waals surface area contributed by atoms with Gasteiger partial charge in [0.1, 0.15) is 0 Å². The number of rotatable bonds is 2. The maximum absolute atomic E-state index is 10.6. The Morgan fingerprint density at radius 3 is 2.42 bits per heavy atom. The number of benzene rings is 1. The van der Waals surface area contributed by atoms with Crippen molar-refractivity contribution in [2.45, 2.75) is 0 Å². The van der Waals surface area contributed by atoms with Crippen molar-refractivity contribution in [3.8, 4) is 0 Å². The molecule has 12 heavy (non-hydrogen) atoms. The number of hydrogen-bond donors (Lipinski definition) is 2. The zero-order valence-electron chi connectivity index (χ0n) is 6.47. The van der Waals surface area contributed by atoms with E-state index in [1.807, 2.05) is 6.07 Å². The number of anilines is 1. The molecule has 0 atom stereocenters. The van der Waals surface area contributed by atoms with Crippen LogP contribution in [0.3, 0.4) is 0 Å². The van der Waals surface area contributed by atoms with Crippen LogP contribution in [0.1, 0.15) is 0 Å². The molecule has 0 radical (unpaired) electrons. The molecular weight excluding hydrogens is 156 g/mol. The molecule has 3 N–H and O–H groups in total. The molecule has 0 spiro atoms. The summed E-state index contributed by atoms with van der Waals surface area (Å²) in [4.78, 5) is 11.6.